The number of benzene rings is 1. The molecule has 0 spiro atoms. The molecule has 1 aromatic rings. The molecule has 2 amide bonds. The lowest BCUT2D eigenvalue weighted by Crippen LogP contribution is -2.38. The van der Waals surface area contributed by atoms with Crippen LogP contribution in [0, 0.1) is 0 Å². The van der Waals surface area contributed by atoms with E-state index in [0.717, 1.165) is 0 Å². The molecule has 1 aromatic carbocycles. The Morgan fingerprint density at radius 1 is 1.10 bits per heavy atom. The molecule has 0 unspecified atom stereocenters. The maximum absolute atomic E-state index is 12.2. The van der Waals surface area contributed by atoms with Gasteiger partial charge in [0.25, 0.3) is 0 Å². The van der Waals surface area contributed by atoms with Gasteiger partial charge in [-0.25, -0.2) is 14.4 Å². The van der Waals surface area contributed by atoms with Crippen molar-refractivity contribution in [1.29, 1.82) is 0 Å². The van der Waals surface area contributed by atoms with Crippen LogP contribution in [0.3, 0.4) is 0 Å². The van der Waals surface area contributed by atoms with Gasteiger partial charge in [-0.15, -0.1) is 0 Å². The lowest BCUT2D eigenvalue weighted by Gasteiger charge is -2.31. The number of carboxylic acid groups (broad SMARTS) is 1. The first-order chi connectivity index (χ1) is 13.9. The van der Waals surface area contributed by atoms with Gasteiger partial charge in [0.05, 0.1) is 32.8 Å². The van der Waals surface area contributed by atoms with Gasteiger partial charge in [-0.1, -0.05) is 0 Å². The number of ether oxygens (including phenoxy) is 3. The third-order valence-corrected chi connectivity index (χ3v) is 3.89. The average molecular weight is 407 g/mol. The Hall–Kier alpha value is -3.60. The van der Waals surface area contributed by atoms with Gasteiger partial charge in [-0.3, -0.25) is 4.79 Å². The van der Waals surface area contributed by atoms with Gasteiger partial charge in [0.15, 0.2) is 0 Å². The van der Waals surface area contributed by atoms with Crippen LogP contribution in [-0.4, -0.2) is 63.1 Å². The Balaban J connectivity index is 2.16. The van der Waals surface area contributed by atoms with Crippen LogP contribution in [0.5, 0.6) is 0 Å². The van der Waals surface area contributed by atoms with Crippen molar-refractivity contribution < 1.29 is 38.5 Å². The van der Waals surface area contributed by atoms with Gasteiger partial charge in [-0.05, 0) is 24.3 Å². The number of anilines is 2. The number of nitrogens with one attached hydrogen (secondary N) is 2. The smallest absolute Gasteiger partial charge is 0.355 e. The van der Waals surface area contributed by atoms with Gasteiger partial charge < -0.3 is 34.9 Å². The molecular weight excluding hydrogens is 386 g/mol. The first-order valence-electron chi connectivity index (χ1n) is 8.49. The minimum absolute atomic E-state index is 0.00600. The van der Waals surface area contributed by atoms with Crippen LogP contribution in [0.2, 0.25) is 0 Å². The Morgan fingerprint density at radius 2 is 1.76 bits per heavy atom. The van der Waals surface area contributed by atoms with E-state index in [9.17, 15) is 19.2 Å². The highest BCUT2D eigenvalue weighted by molar-refractivity contribution is 6.03. The van der Waals surface area contributed by atoms with E-state index in [1.54, 1.807) is 24.3 Å². The van der Waals surface area contributed by atoms with Crippen molar-refractivity contribution in [3.63, 3.8) is 0 Å². The molecule has 11 nitrogen and oxygen atoms in total. The molecule has 2 rings (SSSR count). The predicted octanol–water partition coefficient (Wildman–Crippen LogP) is 0.677. The molecule has 0 aromatic heterocycles. The molecule has 0 saturated heterocycles. The number of urea groups is 1. The highest BCUT2D eigenvalue weighted by atomic mass is 16.5. The molecule has 0 radical (unpaired) electrons. The number of amides is 2. The molecule has 156 valence electrons. The molecule has 0 fully saturated rings. The van der Waals surface area contributed by atoms with Gasteiger partial charge in [0.1, 0.15) is 12.4 Å². The molecule has 3 N–H and O–H groups in total. The highest BCUT2D eigenvalue weighted by Crippen LogP contribution is 2.27. The van der Waals surface area contributed by atoms with Crippen LogP contribution in [0.15, 0.2) is 35.5 Å². The number of carboxylic acids is 1. The van der Waals surface area contributed by atoms with Crippen LogP contribution in [0.1, 0.15) is 6.42 Å². The summed E-state index contributed by atoms with van der Waals surface area (Å²) >= 11 is 0. The fourth-order valence-corrected chi connectivity index (χ4v) is 2.53. The molecule has 29 heavy (non-hydrogen) atoms. The zero-order chi connectivity index (χ0) is 21.4. The Labute approximate surface area is 166 Å². The van der Waals surface area contributed by atoms with Crippen molar-refractivity contribution in [3.05, 3.63) is 35.5 Å². The van der Waals surface area contributed by atoms with Crippen LogP contribution >= 0.6 is 0 Å². The number of methoxy groups -OCH3 is 2. The van der Waals surface area contributed by atoms with E-state index in [4.69, 9.17) is 19.3 Å². The summed E-state index contributed by atoms with van der Waals surface area (Å²) in [4.78, 5) is 47.9. The molecule has 1 heterocycles. The van der Waals surface area contributed by atoms with E-state index in [1.165, 1.54) is 19.1 Å². The third kappa shape index (κ3) is 5.69. The van der Waals surface area contributed by atoms with Crippen molar-refractivity contribution in [2.24, 2.45) is 0 Å². The van der Waals surface area contributed by atoms with Gasteiger partial charge in [-0.2, -0.15) is 0 Å². The minimum Gasteiger partial charge on any atom is -0.481 e. The fourth-order valence-electron chi connectivity index (χ4n) is 2.53. The zero-order valence-electron chi connectivity index (χ0n) is 15.9. The molecule has 1 aliphatic rings. The SMILES string of the molecule is COC(=O)C1=C(C(=O)OC)N(c2ccc(NC(=O)NCCC(=O)O)cc2)COC1. The van der Waals surface area contributed by atoms with Gasteiger partial charge >= 0.3 is 23.9 Å². The molecular formula is C18H21N3O8. The second-order valence-corrected chi connectivity index (χ2v) is 5.79. The summed E-state index contributed by atoms with van der Waals surface area (Å²) in [6.45, 7) is -0.0922. The Morgan fingerprint density at radius 3 is 2.34 bits per heavy atom. The van der Waals surface area contributed by atoms with Crippen LogP contribution in [-0.2, 0) is 28.6 Å². The summed E-state index contributed by atoms with van der Waals surface area (Å²) in [6.07, 6.45) is -0.188. The number of hydrogen-bond donors (Lipinski definition) is 3. The van der Waals surface area contributed by atoms with E-state index in [1.807, 2.05) is 0 Å². The number of hydrogen-bond acceptors (Lipinski definition) is 8. The van der Waals surface area contributed by atoms with Crippen LogP contribution in [0.4, 0.5) is 16.2 Å². The molecule has 0 bridgehead atoms. The summed E-state index contributed by atoms with van der Waals surface area (Å²) in [6, 6.07) is 5.82. The van der Waals surface area contributed by atoms with Gasteiger partial charge in [0, 0.05) is 17.9 Å². The molecule has 1 aliphatic heterocycles. The topological polar surface area (TPSA) is 143 Å². The van der Waals surface area contributed by atoms with E-state index in [2.05, 4.69) is 10.6 Å². The maximum Gasteiger partial charge on any atom is 0.355 e. The number of rotatable bonds is 7. The van der Waals surface area contributed by atoms with E-state index >= 15 is 0 Å². The standard InChI is InChI=1S/C18H21N3O8/c1-27-16(24)13-9-29-10-21(15(13)17(25)28-2)12-5-3-11(4-6-12)20-18(26)19-8-7-14(22)23/h3-6H,7-10H2,1-2H3,(H,22,23)(H2,19,20,26). The number of nitrogens with zero attached hydrogens (tertiary/aromatic N) is 1. The van der Waals surface area contributed by atoms with Crippen LogP contribution in [0.25, 0.3) is 0 Å². The number of aliphatic carboxylic acids is 1. The van der Waals surface area contributed by atoms with E-state index < -0.39 is 23.9 Å². The van der Waals surface area contributed by atoms with E-state index in [-0.39, 0.29) is 37.6 Å². The minimum atomic E-state index is -1.01. The summed E-state index contributed by atoms with van der Waals surface area (Å²) in [5.41, 5.74) is 1.00. The summed E-state index contributed by atoms with van der Waals surface area (Å²) < 4.78 is 14.9. The molecule has 0 saturated carbocycles. The number of carbonyl (C=O) groups is 4. The van der Waals surface area contributed by atoms with Gasteiger partial charge in [0.2, 0.25) is 0 Å². The van der Waals surface area contributed by atoms with Crippen LogP contribution < -0.4 is 15.5 Å². The lowest BCUT2D eigenvalue weighted by molar-refractivity contribution is -0.140. The largest absolute Gasteiger partial charge is 0.481 e. The monoisotopic (exact) mass is 407 g/mol. The Kier molecular flexibility index (Phi) is 7.54. The first kappa shape index (κ1) is 21.7. The molecule has 0 aliphatic carbocycles. The fraction of sp³-hybridized carbons (Fsp3) is 0.333. The first-order valence-corrected chi connectivity index (χ1v) is 8.49. The van der Waals surface area contributed by atoms with Crippen molar-refractivity contribution in [3.8, 4) is 0 Å². The normalized spacial score (nSPS) is 13.5. The van der Waals surface area contributed by atoms with Crippen molar-refractivity contribution in [2.45, 2.75) is 6.42 Å². The quantitative estimate of drug-likeness (QED) is 0.556. The second-order valence-electron chi connectivity index (χ2n) is 5.79. The number of esters is 2. The third-order valence-electron chi connectivity index (χ3n) is 3.89. The average Bonchev–Trinajstić information content (AvgIpc) is 2.72. The molecule has 0 atom stereocenters. The lowest BCUT2D eigenvalue weighted by atomic mass is 10.1. The molecule has 11 heteroatoms. The summed E-state index contributed by atoms with van der Waals surface area (Å²) in [5, 5.41) is 13.5. The van der Waals surface area contributed by atoms with Crippen molar-refractivity contribution >= 4 is 35.3 Å². The summed E-state index contributed by atoms with van der Waals surface area (Å²) in [7, 11) is 2.40. The number of carbonyl (C=O) groups excluding carboxylic acids is 3. The summed E-state index contributed by atoms with van der Waals surface area (Å²) in [5.74, 6) is -2.43. The highest BCUT2D eigenvalue weighted by Gasteiger charge is 2.32. The zero-order valence-corrected chi connectivity index (χ0v) is 15.9. The van der Waals surface area contributed by atoms with Crippen molar-refractivity contribution in [1.82, 2.24) is 5.32 Å². The second kappa shape index (κ2) is 10.1. The predicted molar refractivity (Wildman–Crippen MR) is 100 cm³/mol. The maximum atomic E-state index is 12.2. The van der Waals surface area contributed by atoms with E-state index in [0.29, 0.717) is 11.4 Å². The van der Waals surface area contributed by atoms with Crippen molar-refractivity contribution in [2.75, 3.05) is 44.3 Å². The Bertz CT molecular complexity index is 819.